The van der Waals surface area contributed by atoms with E-state index in [1.165, 1.54) is 11.3 Å². The number of carbonyl (C=O) groups is 1. The van der Waals surface area contributed by atoms with Crippen molar-refractivity contribution in [3.05, 3.63) is 95.1 Å². The Labute approximate surface area is 187 Å². The van der Waals surface area contributed by atoms with Gasteiger partial charge in [-0.2, -0.15) is 0 Å². The van der Waals surface area contributed by atoms with Crippen LogP contribution in [0.25, 0.3) is 11.0 Å². The van der Waals surface area contributed by atoms with Crippen LogP contribution < -0.4 is 5.73 Å². The van der Waals surface area contributed by atoms with Crippen LogP contribution in [0.4, 0.5) is 0 Å². The summed E-state index contributed by atoms with van der Waals surface area (Å²) < 4.78 is 0. The molecule has 1 unspecified atom stereocenters. The molecule has 0 saturated heterocycles. The molecule has 1 aliphatic rings. The fourth-order valence-electron chi connectivity index (χ4n) is 4.72. The van der Waals surface area contributed by atoms with E-state index in [1.807, 2.05) is 42.6 Å². The van der Waals surface area contributed by atoms with Crippen molar-refractivity contribution in [3.8, 4) is 0 Å². The van der Waals surface area contributed by atoms with E-state index in [1.54, 1.807) is 6.07 Å². The summed E-state index contributed by atoms with van der Waals surface area (Å²) in [4.78, 5) is 27.1. The van der Waals surface area contributed by atoms with E-state index in [-0.39, 0.29) is 6.04 Å². The molecular formula is C26H27N5O. The van der Waals surface area contributed by atoms with Crippen molar-refractivity contribution >= 4 is 16.9 Å². The van der Waals surface area contributed by atoms with Crippen LogP contribution in [0.1, 0.15) is 51.9 Å². The lowest BCUT2D eigenvalue weighted by Crippen LogP contribution is -2.33. The molecule has 0 spiro atoms. The van der Waals surface area contributed by atoms with E-state index in [4.69, 9.17) is 15.7 Å². The third kappa shape index (κ3) is 4.27. The Hall–Kier alpha value is -3.51. The quantitative estimate of drug-likeness (QED) is 0.465. The SMILES string of the molecule is NC(=O)c1cccc(CN(CCc2nc3ccccc3[nH]2)C2CCCc3cccnc32)c1. The third-order valence-corrected chi connectivity index (χ3v) is 6.28. The van der Waals surface area contributed by atoms with Gasteiger partial charge in [0.15, 0.2) is 0 Å². The maximum atomic E-state index is 11.7. The molecule has 1 amide bonds. The highest BCUT2D eigenvalue weighted by molar-refractivity contribution is 5.92. The molecule has 6 nitrogen and oxygen atoms in total. The van der Waals surface area contributed by atoms with Crippen molar-refractivity contribution in [1.82, 2.24) is 19.9 Å². The summed E-state index contributed by atoms with van der Waals surface area (Å²) in [5.41, 5.74) is 11.7. The number of aryl methyl sites for hydroxylation is 1. The number of carbonyl (C=O) groups excluding carboxylic acids is 1. The number of pyridine rings is 1. The van der Waals surface area contributed by atoms with Gasteiger partial charge in [0.25, 0.3) is 0 Å². The Morgan fingerprint density at radius 3 is 2.91 bits per heavy atom. The van der Waals surface area contributed by atoms with Crippen molar-refractivity contribution in [2.24, 2.45) is 5.73 Å². The van der Waals surface area contributed by atoms with Crippen LogP contribution in [0.15, 0.2) is 66.9 Å². The number of nitrogens with two attached hydrogens (primary N) is 1. The van der Waals surface area contributed by atoms with Gasteiger partial charge in [0.05, 0.1) is 22.8 Å². The van der Waals surface area contributed by atoms with Gasteiger partial charge >= 0.3 is 0 Å². The zero-order valence-corrected chi connectivity index (χ0v) is 18.0. The summed E-state index contributed by atoms with van der Waals surface area (Å²) in [6, 6.07) is 20.2. The molecule has 32 heavy (non-hydrogen) atoms. The second-order valence-electron chi connectivity index (χ2n) is 8.44. The highest BCUT2D eigenvalue weighted by Crippen LogP contribution is 2.34. The van der Waals surface area contributed by atoms with E-state index in [0.717, 1.165) is 61.2 Å². The van der Waals surface area contributed by atoms with Gasteiger partial charge in [0.1, 0.15) is 5.82 Å². The summed E-state index contributed by atoms with van der Waals surface area (Å²) in [6.07, 6.45) is 5.99. The molecule has 4 aromatic rings. The third-order valence-electron chi connectivity index (χ3n) is 6.28. The maximum Gasteiger partial charge on any atom is 0.248 e. The van der Waals surface area contributed by atoms with Gasteiger partial charge in [-0.15, -0.1) is 0 Å². The van der Waals surface area contributed by atoms with Gasteiger partial charge in [0.2, 0.25) is 5.91 Å². The number of aromatic amines is 1. The summed E-state index contributed by atoms with van der Waals surface area (Å²) in [5.74, 6) is 0.587. The van der Waals surface area contributed by atoms with Crippen LogP contribution in [-0.4, -0.2) is 32.3 Å². The number of nitrogens with zero attached hydrogens (tertiary/aromatic N) is 3. The number of aromatic nitrogens is 3. The number of hydrogen-bond donors (Lipinski definition) is 2. The molecule has 5 rings (SSSR count). The molecular weight excluding hydrogens is 398 g/mol. The van der Waals surface area contributed by atoms with Gasteiger partial charge in [-0.3, -0.25) is 14.7 Å². The lowest BCUT2D eigenvalue weighted by Gasteiger charge is -2.35. The van der Waals surface area contributed by atoms with E-state index >= 15 is 0 Å². The first-order valence-electron chi connectivity index (χ1n) is 11.2. The molecule has 0 fully saturated rings. The Morgan fingerprint density at radius 2 is 2.03 bits per heavy atom. The minimum absolute atomic E-state index is 0.238. The topological polar surface area (TPSA) is 87.9 Å². The van der Waals surface area contributed by atoms with Crippen LogP contribution in [0.2, 0.25) is 0 Å². The van der Waals surface area contributed by atoms with Crippen LogP contribution in [-0.2, 0) is 19.4 Å². The van der Waals surface area contributed by atoms with Crippen molar-refractivity contribution in [1.29, 1.82) is 0 Å². The number of imidazole rings is 1. The zero-order chi connectivity index (χ0) is 21.9. The number of H-pyrrole nitrogens is 1. The van der Waals surface area contributed by atoms with E-state index in [0.29, 0.717) is 5.56 Å². The molecule has 2 heterocycles. The van der Waals surface area contributed by atoms with Crippen LogP contribution in [0.5, 0.6) is 0 Å². The monoisotopic (exact) mass is 425 g/mol. The number of benzene rings is 2. The average molecular weight is 426 g/mol. The van der Waals surface area contributed by atoms with Crippen LogP contribution >= 0.6 is 0 Å². The van der Waals surface area contributed by atoms with Crippen molar-refractivity contribution in [3.63, 3.8) is 0 Å². The minimum atomic E-state index is -0.398. The van der Waals surface area contributed by atoms with Gasteiger partial charge in [-0.1, -0.05) is 30.3 Å². The molecule has 2 aromatic heterocycles. The fourth-order valence-corrected chi connectivity index (χ4v) is 4.72. The molecule has 0 aliphatic heterocycles. The van der Waals surface area contributed by atoms with Gasteiger partial charge in [-0.05, 0) is 60.7 Å². The minimum Gasteiger partial charge on any atom is -0.366 e. The lowest BCUT2D eigenvalue weighted by molar-refractivity contribution is 0.1000. The number of primary amides is 1. The first kappa shape index (κ1) is 20.4. The molecule has 6 heteroatoms. The Bertz CT molecular complexity index is 1210. The van der Waals surface area contributed by atoms with Crippen molar-refractivity contribution in [2.75, 3.05) is 6.54 Å². The Kier molecular flexibility index (Phi) is 5.69. The Morgan fingerprint density at radius 1 is 1.12 bits per heavy atom. The number of rotatable bonds is 7. The second kappa shape index (κ2) is 8.93. The number of fused-ring (bicyclic) bond motifs is 2. The highest BCUT2D eigenvalue weighted by Gasteiger charge is 2.27. The summed E-state index contributed by atoms with van der Waals surface area (Å²) >= 11 is 0. The largest absolute Gasteiger partial charge is 0.366 e. The summed E-state index contributed by atoms with van der Waals surface area (Å²) in [5, 5.41) is 0. The Balaban J connectivity index is 1.43. The van der Waals surface area contributed by atoms with Crippen molar-refractivity contribution < 1.29 is 4.79 Å². The molecule has 3 N–H and O–H groups in total. The maximum absolute atomic E-state index is 11.7. The number of para-hydroxylation sites is 2. The first-order chi connectivity index (χ1) is 15.7. The average Bonchev–Trinajstić information content (AvgIpc) is 3.24. The fraction of sp³-hybridized carbons (Fsp3) is 0.269. The number of hydrogen-bond acceptors (Lipinski definition) is 4. The highest BCUT2D eigenvalue weighted by atomic mass is 16.1. The van der Waals surface area contributed by atoms with E-state index < -0.39 is 5.91 Å². The smallest absolute Gasteiger partial charge is 0.248 e. The summed E-state index contributed by atoms with van der Waals surface area (Å²) in [6.45, 7) is 1.56. The first-order valence-corrected chi connectivity index (χ1v) is 11.2. The molecule has 0 bridgehead atoms. The molecule has 2 aromatic carbocycles. The molecule has 0 radical (unpaired) electrons. The molecule has 1 atom stereocenters. The van der Waals surface area contributed by atoms with Crippen LogP contribution in [0.3, 0.4) is 0 Å². The lowest BCUT2D eigenvalue weighted by atomic mass is 9.90. The van der Waals surface area contributed by atoms with Gasteiger partial charge in [0, 0.05) is 31.3 Å². The van der Waals surface area contributed by atoms with E-state index in [2.05, 4.69) is 28.1 Å². The van der Waals surface area contributed by atoms with Gasteiger partial charge in [-0.25, -0.2) is 4.98 Å². The molecule has 162 valence electrons. The molecule has 0 saturated carbocycles. The second-order valence-corrected chi connectivity index (χ2v) is 8.44. The number of nitrogens with one attached hydrogen (secondary N) is 1. The zero-order valence-electron chi connectivity index (χ0n) is 18.0. The predicted octanol–water partition coefficient (Wildman–Crippen LogP) is 4.18. The number of amides is 1. The standard InChI is InChI=1S/C26H27N5O/c27-26(32)20-8-3-6-18(16-20)17-31(23-12-4-7-19-9-5-14-28-25(19)23)15-13-24-29-21-10-1-2-11-22(21)30-24/h1-3,5-6,8-11,14,16,23H,4,7,12-13,15,17H2,(H2,27,32)(H,29,30). The normalized spacial score (nSPS) is 15.7. The summed E-state index contributed by atoms with van der Waals surface area (Å²) in [7, 11) is 0. The van der Waals surface area contributed by atoms with E-state index in [9.17, 15) is 4.79 Å². The van der Waals surface area contributed by atoms with Gasteiger partial charge < -0.3 is 10.7 Å². The molecule has 1 aliphatic carbocycles. The predicted molar refractivity (Wildman–Crippen MR) is 125 cm³/mol. The van der Waals surface area contributed by atoms with Crippen molar-refractivity contribution in [2.45, 2.75) is 38.3 Å². The van der Waals surface area contributed by atoms with Crippen LogP contribution in [0, 0.1) is 0 Å².